The molecule has 2 nitrogen and oxygen atoms in total. The normalized spacial score (nSPS) is 12.2. The molecule has 0 spiro atoms. The van der Waals surface area contributed by atoms with Crippen molar-refractivity contribution in [2.45, 2.75) is 0 Å². The number of benzene rings is 10. The summed E-state index contributed by atoms with van der Waals surface area (Å²) in [6, 6.07) is 67.2. The molecule has 0 aliphatic carbocycles. The minimum Gasteiger partial charge on any atom is -0.309 e. The second-order valence-corrected chi connectivity index (χ2v) is 14.0. The molecule has 0 fully saturated rings. The molecule has 0 atom stereocenters. The number of rotatable bonds is 2. The second-order valence-electron chi connectivity index (χ2n) is 14.0. The van der Waals surface area contributed by atoms with E-state index in [1.807, 2.05) is 0 Å². The Morgan fingerprint density at radius 3 is 1.27 bits per heavy atom. The lowest BCUT2D eigenvalue weighted by atomic mass is 9.93. The Bertz CT molecular complexity index is 3360. The second kappa shape index (κ2) is 10.3. The van der Waals surface area contributed by atoms with Crippen LogP contribution >= 0.6 is 0 Å². The van der Waals surface area contributed by atoms with Crippen LogP contribution in [-0.4, -0.2) is 9.13 Å². The fourth-order valence-electron chi connectivity index (χ4n) is 9.29. The molecular weight excluding hydrogens is 629 g/mol. The van der Waals surface area contributed by atoms with Crippen LogP contribution in [0.5, 0.6) is 0 Å². The van der Waals surface area contributed by atoms with Gasteiger partial charge in [0.05, 0.1) is 22.1 Å². The maximum absolute atomic E-state index is 2.48. The van der Waals surface area contributed by atoms with E-state index in [1.165, 1.54) is 97.5 Å². The summed E-state index contributed by atoms with van der Waals surface area (Å²) in [6.45, 7) is 0. The van der Waals surface area contributed by atoms with Crippen molar-refractivity contribution in [3.63, 3.8) is 0 Å². The first kappa shape index (κ1) is 27.9. The van der Waals surface area contributed by atoms with E-state index in [9.17, 15) is 0 Å². The highest BCUT2D eigenvalue weighted by molar-refractivity contribution is 6.36. The molecule has 12 aromatic rings. The van der Waals surface area contributed by atoms with Gasteiger partial charge < -0.3 is 9.13 Å². The lowest BCUT2D eigenvalue weighted by molar-refractivity contribution is 1.15. The van der Waals surface area contributed by atoms with Crippen molar-refractivity contribution in [1.82, 2.24) is 9.13 Å². The summed E-state index contributed by atoms with van der Waals surface area (Å²) >= 11 is 0. The summed E-state index contributed by atoms with van der Waals surface area (Å²) < 4.78 is 4.94. The van der Waals surface area contributed by atoms with Gasteiger partial charge in [-0.15, -0.1) is 0 Å². The summed E-state index contributed by atoms with van der Waals surface area (Å²) in [5.74, 6) is 0. The summed E-state index contributed by atoms with van der Waals surface area (Å²) in [4.78, 5) is 0. The highest BCUT2D eigenvalue weighted by Gasteiger charge is 2.21. The van der Waals surface area contributed by atoms with Crippen LogP contribution in [0.1, 0.15) is 0 Å². The van der Waals surface area contributed by atoms with E-state index in [-0.39, 0.29) is 0 Å². The molecule has 0 amide bonds. The molecule has 12 rings (SSSR count). The largest absolute Gasteiger partial charge is 0.309 e. The van der Waals surface area contributed by atoms with Gasteiger partial charge in [-0.3, -0.25) is 0 Å². The smallest absolute Gasteiger partial charge is 0.0625 e. The summed E-state index contributed by atoms with van der Waals surface area (Å²) in [7, 11) is 0. The van der Waals surface area contributed by atoms with Crippen molar-refractivity contribution in [3.05, 3.63) is 182 Å². The zero-order valence-electron chi connectivity index (χ0n) is 28.2. The van der Waals surface area contributed by atoms with Gasteiger partial charge in [0.15, 0.2) is 0 Å². The van der Waals surface area contributed by atoms with Gasteiger partial charge in [-0.1, -0.05) is 140 Å². The van der Waals surface area contributed by atoms with Crippen molar-refractivity contribution in [2.75, 3.05) is 0 Å². The Labute approximate surface area is 299 Å². The summed E-state index contributed by atoms with van der Waals surface area (Å²) in [6.07, 6.45) is 0. The van der Waals surface area contributed by atoms with Crippen molar-refractivity contribution in [3.8, 4) is 11.4 Å². The Morgan fingerprint density at radius 1 is 0.231 bits per heavy atom. The van der Waals surface area contributed by atoms with Gasteiger partial charge in [0.2, 0.25) is 0 Å². The van der Waals surface area contributed by atoms with E-state index in [1.54, 1.807) is 0 Å². The van der Waals surface area contributed by atoms with E-state index >= 15 is 0 Å². The van der Waals surface area contributed by atoms with Crippen LogP contribution in [0, 0.1) is 0 Å². The van der Waals surface area contributed by atoms with Crippen LogP contribution in [0.2, 0.25) is 0 Å². The summed E-state index contributed by atoms with van der Waals surface area (Å²) in [5.41, 5.74) is 7.21. The minimum absolute atomic E-state index is 1.15. The number of para-hydroxylation sites is 1. The average molecular weight is 659 g/mol. The van der Waals surface area contributed by atoms with Crippen LogP contribution in [0.4, 0.5) is 0 Å². The van der Waals surface area contributed by atoms with Crippen LogP contribution in [0.15, 0.2) is 182 Å². The van der Waals surface area contributed by atoms with Crippen molar-refractivity contribution in [1.29, 1.82) is 0 Å². The zero-order chi connectivity index (χ0) is 33.9. The third kappa shape index (κ3) is 3.63. The Kier molecular flexibility index (Phi) is 5.53. The zero-order valence-corrected chi connectivity index (χ0v) is 28.2. The Balaban J connectivity index is 1.16. The summed E-state index contributed by atoms with van der Waals surface area (Å²) in [5, 5.41) is 18.0. The van der Waals surface area contributed by atoms with Crippen LogP contribution < -0.4 is 0 Å². The number of fused-ring (bicyclic) bond motifs is 17. The maximum Gasteiger partial charge on any atom is 0.0625 e. The number of hydrogen-bond acceptors (Lipinski definition) is 0. The van der Waals surface area contributed by atoms with E-state index in [0.29, 0.717) is 0 Å². The van der Waals surface area contributed by atoms with E-state index in [0.717, 1.165) is 11.4 Å². The van der Waals surface area contributed by atoms with Gasteiger partial charge in [0.25, 0.3) is 0 Å². The predicted octanol–water partition coefficient (Wildman–Crippen LogP) is 13.6. The van der Waals surface area contributed by atoms with Crippen molar-refractivity contribution >= 4 is 97.5 Å². The topological polar surface area (TPSA) is 9.86 Å². The van der Waals surface area contributed by atoms with Gasteiger partial charge in [0, 0.05) is 38.3 Å². The quantitative estimate of drug-likeness (QED) is 0.164. The van der Waals surface area contributed by atoms with Crippen molar-refractivity contribution in [2.24, 2.45) is 0 Å². The minimum atomic E-state index is 1.15. The first-order chi connectivity index (χ1) is 25.8. The number of hydrogen-bond donors (Lipinski definition) is 0. The van der Waals surface area contributed by atoms with E-state index in [4.69, 9.17) is 0 Å². The number of aromatic nitrogens is 2. The molecule has 0 radical (unpaired) electrons. The molecule has 240 valence electrons. The number of nitrogens with zero attached hydrogens (tertiary/aromatic N) is 2. The highest BCUT2D eigenvalue weighted by atomic mass is 15.0. The third-order valence-corrected chi connectivity index (χ3v) is 11.4. The molecule has 0 saturated carbocycles. The van der Waals surface area contributed by atoms with Crippen LogP contribution in [0.25, 0.3) is 109 Å². The maximum atomic E-state index is 2.48. The molecule has 0 aliphatic rings. The molecular formula is C50H30N2. The van der Waals surface area contributed by atoms with Gasteiger partial charge in [-0.2, -0.15) is 0 Å². The molecule has 2 heterocycles. The van der Waals surface area contributed by atoms with Gasteiger partial charge in [-0.25, -0.2) is 0 Å². The molecule has 0 unspecified atom stereocenters. The molecule has 0 N–H and O–H groups in total. The lowest BCUT2D eigenvalue weighted by Crippen LogP contribution is -1.98. The average Bonchev–Trinajstić information content (AvgIpc) is 3.75. The fraction of sp³-hybridized carbons (Fsp3) is 0. The molecule has 2 heteroatoms. The Hall–Kier alpha value is -6.90. The van der Waals surface area contributed by atoms with Gasteiger partial charge in [-0.05, 0) is 90.9 Å². The third-order valence-electron chi connectivity index (χ3n) is 11.4. The monoisotopic (exact) mass is 658 g/mol. The molecule has 2 aromatic heterocycles. The fourth-order valence-corrected chi connectivity index (χ4v) is 9.29. The van der Waals surface area contributed by atoms with Gasteiger partial charge in [0.1, 0.15) is 0 Å². The Morgan fingerprint density at radius 2 is 0.673 bits per heavy atom. The first-order valence-electron chi connectivity index (χ1n) is 18.0. The molecule has 10 aromatic carbocycles. The van der Waals surface area contributed by atoms with E-state index < -0.39 is 0 Å². The molecule has 0 bridgehead atoms. The van der Waals surface area contributed by atoms with Crippen LogP contribution in [-0.2, 0) is 0 Å². The molecule has 52 heavy (non-hydrogen) atoms. The van der Waals surface area contributed by atoms with Gasteiger partial charge >= 0.3 is 0 Å². The lowest BCUT2D eigenvalue weighted by Gasteiger charge is -2.15. The predicted molar refractivity (Wildman–Crippen MR) is 223 cm³/mol. The van der Waals surface area contributed by atoms with E-state index in [2.05, 4.69) is 191 Å². The van der Waals surface area contributed by atoms with Crippen LogP contribution in [0.3, 0.4) is 0 Å². The van der Waals surface area contributed by atoms with Crippen molar-refractivity contribution < 1.29 is 0 Å². The standard InChI is InChI=1S/C50H30N2/c1-4-14-36-31(11-1)21-28-42-46(36)39-17-7-8-18-40(39)50-47(42)41-19-9-10-20-43(41)52(50)35-26-24-34(25-27-35)51-44-29-22-32-12-2-5-15-37(32)48(44)49-38-16-6-3-13-33(38)23-30-45(49)51/h1-30H. The highest BCUT2D eigenvalue weighted by Crippen LogP contribution is 2.45. The first-order valence-corrected chi connectivity index (χ1v) is 18.0. The molecule has 0 saturated heterocycles. The SMILES string of the molecule is c1ccc2c(c1)ccc1c2c2ccccc2c2c1c1ccccc1n2-c1ccc(-n2c3ccc4ccccc4c3c3c4ccccc4ccc32)cc1. The molecule has 0 aliphatic heterocycles.